The van der Waals surface area contributed by atoms with Gasteiger partial charge in [0.15, 0.2) is 0 Å². The summed E-state index contributed by atoms with van der Waals surface area (Å²) in [6, 6.07) is 32.5. The molecule has 0 saturated heterocycles. The molecule has 4 rings (SSSR count). The molecule has 2 atom stereocenters. The van der Waals surface area contributed by atoms with Gasteiger partial charge in [-0.3, -0.25) is 0 Å². The second-order valence-corrected chi connectivity index (χ2v) is 22.2. The summed E-state index contributed by atoms with van der Waals surface area (Å²) in [5.41, 5.74) is 25.6. The summed E-state index contributed by atoms with van der Waals surface area (Å²) in [4.78, 5) is 0. The molecule has 0 amide bonds. The van der Waals surface area contributed by atoms with Gasteiger partial charge in [0, 0.05) is 23.2 Å². The monoisotopic (exact) mass is 953 g/mol. The van der Waals surface area contributed by atoms with Crippen molar-refractivity contribution in [3.63, 3.8) is 0 Å². The molecule has 2 heteroatoms. The van der Waals surface area contributed by atoms with Crippen molar-refractivity contribution < 1.29 is 0 Å². The third kappa shape index (κ3) is 25.2. The van der Waals surface area contributed by atoms with E-state index >= 15 is 0 Å². The zero-order valence-electron chi connectivity index (χ0n) is 46.3. The maximum atomic E-state index is 6.16. The molecule has 0 aliphatic rings. The fourth-order valence-corrected chi connectivity index (χ4v) is 11.5. The molecule has 0 fully saturated rings. The summed E-state index contributed by atoms with van der Waals surface area (Å²) in [6.45, 7) is 9.09. The van der Waals surface area contributed by atoms with Crippen LogP contribution < -0.4 is 11.5 Å². The zero-order valence-corrected chi connectivity index (χ0v) is 46.3. The first-order valence-corrected chi connectivity index (χ1v) is 30.3. The van der Waals surface area contributed by atoms with Gasteiger partial charge in [-0.25, -0.2) is 0 Å². The van der Waals surface area contributed by atoms with Gasteiger partial charge in [0.25, 0.3) is 0 Å². The Balaban J connectivity index is 0.959. The largest absolute Gasteiger partial charge is 0.399 e. The molecule has 0 heterocycles. The minimum absolute atomic E-state index is 0.466. The molecule has 0 aliphatic carbocycles. The Morgan fingerprint density at radius 1 is 0.300 bits per heavy atom. The average molecular weight is 954 g/mol. The summed E-state index contributed by atoms with van der Waals surface area (Å²) in [7, 11) is 0. The number of hydrogen-bond donors (Lipinski definition) is 2. The average Bonchev–Trinajstić information content (AvgIpc) is 3.36. The second kappa shape index (κ2) is 38.1. The van der Waals surface area contributed by atoms with Gasteiger partial charge in [0.1, 0.15) is 0 Å². The first kappa shape index (κ1) is 59.0. The number of aryl methyl sites for hydroxylation is 4. The first-order chi connectivity index (χ1) is 34.4. The Labute approximate surface area is 433 Å². The third-order valence-corrected chi connectivity index (χ3v) is 16.0. The van der Waals surface area contributed by atoms with Crippen LogP contribution in [0.1, 0.15) is 301 Å². The molecule has 0 spiro atoms. The highest BCUT2D eigenvalue weighted by Gasteiger charge is 2.18. The molecule has 0 radical (unpaired) electrons. The molecule has 70 heavy (non-hydrogen) atoms. The van der Waals surface area contributed by atoms with E-state index in [-0.39, 0.29) is 0 Å². The molecule has 0 aliphatic heterocycles. The van der Waals surface area contributed by atoms with Crippen molar-refractivity contribution in [1.82, 2.24) is 0 Å². The van der Waals surface area contributed by atoms with Crippen LogP contribution in [0.2, 0.25) is 0 Å². The predicted octanol–water partition coefficient (Wildman–Crippen LogP) is 21.6. The summed E-state index contributed by atoms with van der Waals surface area (Å²) >= 11 is 0. The summed E-state index contributed by atoms with van der Waals surface area (Å²) in [6.07, 6.45) is 52.2. The van der Waals surface area contributed by atoms with E-state index in [0.29, 0.717) is 11.8 Å². The molecule has 0 saturated carbocycles. The number of nitrogens with two attached hydrogens (primary N) is 2. The summed E-state index contributed by atoms with van der Waals surface area (Å²) in [5, 5.41) is 0. The fourth-order valence-electron chi connectivity index (χ4n) is 11.5. The zero-order chi connectivity index (χ0) is 49.7. The topological polar surface area (TPSA) is 52.0 Å². The van der Waals surface area contributed by atoms with Crippen molar-refractivity contribution in [2.45, 2.75) is 284 Å². The Morgan fingerprint density at radius 3 is 0.829 bits per heavy atom. The molecular weight excluding hydrogens is 845 g/mol. The minimum atomic E-state index is 0.466. The van der Waals surface area contributed by atoms with Crippen LogP contribution in [0.4, 0.5) is 11.4 Å². The predicted molar refractivity (Wildman–Crippen MR) is 313 cm³/mol. The van der Waals surface area contributed by atoms with E-state index in [1.807, 2.05) is 0 Å². The number of anilines is 2. The van der Waals surface area contributed by atoms with Crippen molar-refractivity contribution in [2.75, 3.05) is 11.5 Å². The molecule has 2 unspecified atom stereocenters. The lowest BCUT2D eigenvalue weighted by molar-refractivity contribution is 0.524. The number of nitrogen functional groups attached to an aromatic ring is 2. The molecule has 390 valence electrons. The normalized spacial score (nSPS) is 12.5. The summed E-state index contributed by atoms with van der Waals surface area (Å²) < 4.78 is 0. The quantitative estimate of drug-likeness (QED) is 0.0343. The number of benzene rings is 4. The van der Waals surface area contributed by atoms with Gasteiger partial charge in [-0.2, -0.15) is 0 Å². The van der Waals surface area contributed by atoms with Gasteiger partial charge in [-0.05, 0) is 121 Å². The Hall–Kier alpha value is -3.52. The third-order valence-electron chi connectivity index (χ3n) is 16.0. The van der Waals surface area contributed by atoms with Gasteiger partial charge in [-0.15, -0.1) is 0 Å². The highest BCUT2D eigenvalue weighted by Crippen LogP contribution is 2.35. The van der Waals surface area contributed by atoms with Crippen LogP contribution in [0.25, 0.3) is 0 Å². The molecule has 0 bridgehead atoms. The standard InChI is InChI=1S/C68H108N2/c1-5-7-9-11-13-29-33-37-41-67(65-53-51-63(69)55-57(65)3)61-47-43-59(44-48-61)39-35-31-27-25-23-21-19-17-15-16-18-20-22-24-26-28-32-36-40-60-45-49-62(50-46-60)68(66-54-52-64(70)56-58(66)4)42-38-34-30-14-12-10-8-6-2/h43-56,67-68H,5-42,69-70H2,1-4H3. The SMILES string of the molecule is CCCCCCCCCCC(c1ccc(CCCCCCCCCCCCCCCCCCCCc2ccc(C(CCCCCCCCCC)c3ccc(N)cc3C)cc2)cc1)c1ccc(N)cc1C. The van der Waals surface area contributed by atoms with Crippen LogP contribution in [-0.2, 0) is 12.8 Å². The van der Waals surface area contributed by atoms with E-state index in [1.165, 1.54) is 288 Å². The Morgan fingerprint density at radius 2 is 0.557 bits per heavy atom. The molecule has 2 nitrogen and oxygen atoms in total. The molecular formula is C68H108N2. The second-order valence-electron chi connectivity index (χ2n) is 22.2. The molecule has 4 N–H and O–H groups in total. The van der Waals surface area contributed by atoms with Crippen molar-refractivity contribution in [3.05, 3.63) is 129 Å². The molecule has 4 aromatic rings. The van der Waals surface area contributed by atoms with Gasteiger partial charge in [0.2, 0.25) is 0 Å². The van der Waals surface area contributed by atoms with Crippen LogP contribution >= 0.6 is 0 Å². The minimum Gasteiger partial charge on any atom is -0.399 e. The van der Waals surface area contributed by atoms with Crippen molar-refractivity contribution in [2.24, 2.45) is 0 Å². The van der Waals surface area contributed by atoms with Crippen molar-refractivity contribution in [1.29, 1.82) is 0 Å². The number of rotatable bonds is 43. The van der Waals surface area contributed by atoms with Crippen LogP contribution in [0.3, 0.4) is 0 Å². The maximum Gasteiger partial charge on any atom is 0.0316 e. The van der Waals surface area contributed by atoms with Crippen molar-refractivity contribution >= 4 is 11.4 Å². The van der Waals surface area contributed by atoms with Crippen LogP contribution in [-0.4, -0.2) is 0 Å². The molecule has 0 aromatic heterocycles. The lowest BCUT2D eigenvalue weighted by atomic mass is 9.84. The lowest BCUT2D eigenvalue weighted by Crippen LogP contribution is -2.05. The van der Waals surface area contributed by atoms with E-state index in [2.05, 4.69) is 113 Å². The maximum absolute atomic E-state index is 6.16. The number of hydrogen-bond acceptors (Lipinski definition) is 2. The van der Waals surface area contributed by atoms with Gasteiger partial charge in [-0.1, -0.05) is 280 Å². The lowest BCUT2D eigenvalue weighted by Gasteiger charge is -2.21. The van der Waals surface area contributed by atoms with Crippen LogP contribution in [0, 0.1) is 13.8 Å². The van der Waals surface area contributed by atoms with Crippen molar-refractivity contribution in [3.8, 4) is 0 Å². The van der Waals surface area contributed by atoms with E-state index in [0.717, 1.165) is 11.4 Å². The Bertz CT molecular complexity index is 1720. The van der Waals surface area contributed by atoms with Gasteiger partial charge in [0.05, 0.1) is 0 Å². The van der Waals surface area contributed by atoms with Crippen LogP contribution in [0.15, 0.2) is 84.9 Å². The smallest absolute Gasteiger partial charge is 0.0316 e. The highest BCUT2D eigenvalue weighted by atomic mass is 14.5. The van der Waals surface area contributed by atoms with Crippen LogP contribution in [0.5, 0.6) is 0 Å². The van der Waals surface area contributed by atoms with E-state index in [1.54, 1.807) is 0 Å². The number of unbranched alkanes of at least 4 members (excludes halogenated alkanes) is 31. The fraction of sp³-hybridized carbons (Fsp3) is 0.647. The highest BCUT2D eigenvalue weighted by molar-refractivity contribution is 5.49. The van der Waals surface area contributed by atoms with Gasteiger partial charge >= 0.3 is 0 Å². The van der Waals surface area contributed by atoms with E-state index in [9.17, 15) is 0 Å². The first-order valence-electron chi connectivity index (χ1n) is 30.3. The molecule has 4 aromatic carbocycles. The van der Waals surface area contributed by atoms with E-state index < -0.39 is 0 Å². The summed E-state index contributed by atoms with van der Waals surface area (Å²) in [5.74, 6) is 0.932. The van der Waals surface area contributed by atoms with Gasteiger partial charge < -0.3 is 11.5 Å². The Kier molecular flexibility index (Phi) is 32.2. The van der Waals surface area contributed by atoms with E-state index in [4.69, 9.17) is 11.5 Å².